The molecule has 0 atom stereocenters. The minimum absolute atomic E-state index is 0.333. The molecule has 1 rings (SSSR count). The van der Waals surface area contributed by atoms with Gasteiger partial charge in [0.1, 0.15) is 5.78 Å². The van der Waals surface area contributed by atoms with Gasteiger partial charge in [-0.2, -0.15) is 0 Å². The van der Waals surface area contributed by atoms with Crippen molar-refractivity contribution in [3.05, 3.63) is 11.1 Å². The first kappa shape index (κ1) is 14.5. The van der Waals surface area contributed by atoms with Crippen LogP contribution in [-0.2, 0) is 4.79 Å². The Balaban J connectivity index is 2.99. The van der Waals surface area contributed by atoms with Crippen LogP contribution in [0.1, 0.15) is 79.1 Å². The van der Waals surface area contributed by atoms with Crippen LogP contribution in [0.15, 0.2) is 11.1 Å². The first-order valence-corrected chi connectivity index (χ1v) is 7.30. The van der Waals surface area contributed by atoms with E-state index in [2.05, 4.69) is 20.8 Å². The number of ketones is 1. The molecule has 1 aliphatic carbocycles. The third kappa shape index (κ3) is 3.20. The van der Waals surface area contributed by atoms with Crippen LogP contribution in [0.4, 0.5) is 0 Å². The Morgan fingerprint density at radius 1 is 1.24 bits per heavy atom. The van der Waals surface area contributed by atoms with E-state index in [0.29, 0.717) is 11.2 Å². The van der Waals surface area contributed by atoms with E-state index in [0.717, 1.165) is 12.8 Å². The number of carbonyl (C=O) groups excluding carboxylic acids is 1. The van der Waals surface area contributed by atoms with E-state index in [4.69, 9.17) is 0 Å². The Morgan fingerprint density at radius 2 is 1.88 bits per heavy atom. The van der Waals surface area contributed by atoms with Crippen molar-refractivity contribution in [3.8, 4) is 0 Å². The zero-order valence-corrected chi connectivity index (χ0v) is 12.1. The summed E-state index contributed by atoms with van der Waals surface area (Å²) in [6.45, 7) is 8.62. The van der Waals surface area contributed by atoms with Crippen molar-refractivity contribution in [2.75, 3.05) is 0 Å². The Bertz CT molecular complexity index is 295. The highest BCUT2D eigenvalue weighted by Gasteiger charge is 2.34. The molecule has 0 saturated heterocycles. The van der Waals surface area contributed by atoms with Crippen LogP contribution in [-0.4, -0.2) is 5.78 Å². The molecule has 0 aromatic rings. The molecule has 0 spiro atoms. The number of hydrogen-bond donors (Lipinski definition) is 0. The molecule has 0 amide bonds. The zero-order valence-electron chi connectivity index (χ0n) is 12.1. The summed E-state index contributed by atoms with van der Waals surface area (Å²) in [5, 5.41) is 0. The quantitative estimate of drug-likeness (QED) is 0.590. The second kappa shape index (κ2) is 6.37. The summed E-state index contributed by atoms with van der Waals surface area (Å²) < 4.78 is 0. The highest BCUT2D eigenvalue weighted by atomic mass is 16.1. The molecule has 0 heterocycles. The topological polar surface area (TPSA) is 17.1 Å². The summed E-state index contributed by atoms with van der Waals surface area (Å²) in [6, 6.07) is 0. The largest absolute Gasteiger partial charge is 0.300 e. The number of Topliss-reactive ketones (excluding diaryl/α,β-unsaturated/α-hetero) is 1. The van der Waals surface area contributed by atoms with Gasteiger partial charge < -0.3 is 4.79 Å². The van der Waals surface area contributed by atoms with Gasteiger partial charge in [0, 0.05) is 6.42 Å². The first-order chi connectivity index (χ1) is 8.09. The van der Waals surface area contributed by atoms with Crippen molar-refractivity contribution in [1.29, 1.82) is 0 Å². The Morgan fingerprint density at radius 3 is 2.35 bits per heavy atom. The number of allylic oxidation sites excluding steroid dienone is 2. The molecule has 1 heteroatoms. The lowest BCUT2D eigenvalue weighted by atomic mass is 9.65. The normalized spacial score (nSPS) is 19.5. The van der Waals surface area contributed by atoms with Gasteiger partial charge in [-0.1, -0.05) is 31.9 Å². The molecule has 0 saturated carbocycles. The first-order valence-electron chi connectivity index (χ1n) is 7.30. The monoisotopic (exact) mass is 236 g/mol. The van der Waals surface area contributed by atoms with Gasteiger partial charge in [-0.3, -0.25) is 0 Å². The van der Waals surface area contributed by atoms with Crippen molar-refractivity contribution < 1.29 is 4.79 Å². The minimum Gasteiger partial charge on any atom is -0.300 e. The molecule has 0 unspecified atom stereocenters. The van der Waals surface area contributed by atoms with E-state index in [-0.39, 0.29) is 0 Å². The number of carbonyl (C=O) groups is 1. The van der Waals surface area contributed by atoms with Crippen LogP contribution in [0.3, 0.4) is 0 Å². The van der Waals surface area contributed by atoms with Gasteiger partial charge in [-0.25, -0.2) is 0 Å². The summed E-state index contributed by atoms with van der Waals surface area (Å²) >= 11 is 0. The van der Waals surface area contributed by atoms with Gasteiger partial charge in [0.05, 0.1) is 0 Å². The van der Waals surface area contributed by atoms with Gasteiger partial charge in [0.15, 0.2) is 0 Å². The molecule has 0 aliphatic heterocycles. The molecule has 17 heavy (non-hydrogen) atoms. The van der Waals surface area contributed by atoms with Gasteiger partial charge in [0.25, 0.3) is 0 Å². The Kier molecular flexibility index (Phi) is 5.42. The van der Waals surface area contributed by atoms with E-state index in [1.54, 1.807) is 18.1 Å². The fraction of sp³-hybridized carbons (Fsp3) is 0.812. The average molecular weight is 236 g/mol. The van der Waals surface area contributed by atoms with Crippen molar-refractivity contribution in [2.24, 2.45) is 5.41 Å². The molecule has 0 N–H and O–H groups in total. The lowest BCUT2D eigenvalue weighted by Gasteiger charge is -2.40. The van der Waals surface area contributed by atoms with Crippen LogP contribution in [0.5, 0.6) is 0 Å². The Labute approximate surface area is 107 Å². The van der Waals surface area contributed by atoms with E-state index < -0.39 is 0 Å². The molecule has 1 aliphatic rings. The lowest BCUT2D eigenvalue weighted by molar-refractivity contribution is -0.117. The van der Waals surface area contributed by atoms with Crippen molar-refractivity contribution in [2.45, 2.75) is 79.1 Å². The maximum absolute atomic E-state index is 11.2. The van der Waals surface area contributed by atoms with Gasteiger partial charge in [-0.15, -0.1) is 0 Å². The van der Waals surface area contributed by atoms with Crippen LogP contribution in [0.2, 0.25) is 0 Å². The molecule has 0 aromatic carbocycles. The summed E-state index contributed by atoms with van der Waals surface area (Å²) in [6.07, 6.45) is 9.34. The average Bonchev–Trinajstić information content (AvgIpc) is 2.35. The van der Waals surface area contributed by atoms with E-state index in [1.807, 2.05) is 0 Å². The summed E-state index contributed by atoms with van der Waals surface area (Å²) in [5.74, 6) is 0.333. The predicted octanol–water partition coefficient (Wildman–Crippen LogP) is 5.05. The maximum atomic E-state index is 11.2. The van der Waals surface area contributed by atoms with Crippen molar-refractivity contribution in [1.82, 2.24) is 0 Å². The Hall–Kier alpha value is -0.590. The van der Waals surface area contributed by atoms with E-state index >= 15 is 0 Å². The molecule has 98 valence electrons. The number of rotatable bonds is 6. The molecule has 0 bridgehead atoms. The fourth-order valence-corrected chi connectivity index (χ4v) is 3.48. The second-order valence-corrected chi connectivity index (χ2v) is 5.48. The van der Waals surface area contributed by atoms with Crippen LogP contribution < -0.4 is 0 Å². The van der Waals surface area contributed by atoms with Gasteiger partial charge >= 0.3 is 0 Å². The molecule has 0 aromatic heterocycles. The molecule has 0 fully saturated rings. The van der Waals surface area contributed by atoms with Crippen molar-refractivity contribution in [3.63, 3.8) is 0 Å². The lowest BCUT2D eigenvalue weighted by Crippen LogP contribution is -2.27. The standard InChI is InChI=1S/C16H28O/c1-5-14-9-8-12-16(6-2,7-3)15(14)11-10-13(4)17/h5-12H2,1-4H3. The summed E-state index contributed by atoms with van der Waals surface area (Å²) in [4.78, 5) is 11.2. The SMILES string of the molecule is CCC1=C(CCC(C)=O)C(CC)(CC)CCC1. The maximum Gasteiger partial charge on any atom is 0.130 e. The van der Waals surface area contributed by atoms with E-state index in [9.17, 15) is 4.79 Å². The van der Waals surface area contributed by atoms with Gasteiger partial charge in [-0.05, 0) is 57.3 Å². The number of hydrogen-bond acceptors (Lipinski definition) is 1. The smallest absolute Gasteiger partial charge is 0.130 e. The second-order valence-electron chi connectivity index (χ2n) is 5.48. The minimum atomic E-state index is 0.333. The van der Waals surface area contributed by atoms with Gasteiger partial charge in [0.2, 0.25) is 0 Å². The highest BCUT2D eigenvalue weighted by Crippen LogP contribution is 2.48. The summed E-state index contributed by atoms with van der Waals surface area (Å²) in [7, 11) is 0. The third-order valence-electron chi connectivity index (χ3n) is 4.71. The predicted molar refractivity (Wildman–Crippen MR) is 74.1 cm³/mol. The summed E-state index contributed by atoms with van der Waals surface area (Å²) in [5.41, 5.74) is 3.71. The third-order valence-corrected chi connectivity index (χ3v) is 4.71. The molecule has 0 radical (unpaired) electrons. The van der Waals surface area contributed by atoms with Crippen LogP contribution in [0.25, 0.3) is 0 Å². The van der Waals surface area contributed by atoms with E-state index in [1.165, 1.54) is 38.5 Å². The van der Waals surface area contributed by atoms with Crippen LogP contribution >= 0.6 is 0 Å². The van der Waals surface area contributed by atoms with Crippen molar-refractivity contribution >= 4 is 5.78 Å². The van der Waals surface area contributed by atoms with Crippen LogP contribution in [0, 0.1) is 5.41 Å². The molecule has 1 nitrogen and oxygen atoms in total. The molecular weight excluding hydrogens is 208 g/mol. The zero-order chi connectivity index (χ0) is 12.9. The molecular formula is C16H28O. The fourth-order valence-electron chi connectivity index (χ4n) is 3.48. The highest BCUT2D eigenvalue weighted by molar-refractivity contribution is 5.75.